The van der Waals surface area contributed by atoms with Crippen molar-refractivity contribution in [1.29, 1.82) is 0 Å². The van der Waals surface area contributed by atoms with Gasteiger partial charge in [0.15, 0.2) is 0 Å². The fraction of sp³-hybridized carbons (Fsp3) is 0.500. The average molecular weight is 251 g/mol. The molecule has 1 fully saturated rings. The van der Waals surface area contributed by atoms with Crippen molar-refractivity contribution in [3.8, 4) is 0 Å². The molecule has 2 N–H and O–H groups in total. The van der Waals surface area contributed by atoms with Crippen molar-refractivity contribution in [3.63, 3.8) is 0 Å². The van der Waals surface area contributed by atoms with Gasteiger partial charge in [-0.05, 0) is 6.07 Å². The van der Waals surface area contributed by atoms with Crippen molar-refractivity contribution < 1.29 is 9.21 Å². The number of amides is 1. The van der Waals surface area contributed by atoms with Crippen molar-refractivity contribution in [2.45, 2.75) is 0 Å². The molecule has 0 aromatic carbocycles. The van der Waals surface area contributed by atoms with E-state index in [1.807, 2.05) is 0 Å². The van der Waals surface area contributed by atoms with E-state index in [4.69, 9.17) is 0 Å². The van der Waals surface area contributed by atoms with Crippen LogP contribution in [0, 0.1) is 0 Å². The summed E-state index contributed by atoms with van der Waals surface area (Å²) in [5.74, 6) is -0.214. The number of hydrogen-bond acceptors (Lipinski definition) is 5. The highest BCUT2D eigenvalue weighted by atomic mass is 16.4. The molecule has 0 spiro atoms. The Labute approximate surface area is 105 Å². The summed E-state index contributed by atoms with van der Waals surface area (Å²) in [5.41, 5.74) is -0.0812. The van der Waals surface area contributed by atoms with Gasteiger partial charge >= 0.3 is 5.63 Å². The van der Waals surface area contributed by atoms with E-state index in [2.05, 4.69) is 20.0 Å². The zero-order valence-electron chi connectivity index (χ0n) is 10.1. The highest BCUT2D eigenvalue weighted by Gasteiger charge is 2.10. The van der Waals surface area contributed by atoms with Gasteiger partial charge in [-0.2, -0.15) is 0 Å². The Morgan fingerprint density at radius 2 is 2.17 bits per heavy atom. The predicted molar refractivity (Wildman–Crippen MR) is 66.6 cm³/mol. The topological polar surface area (TPSA) is 74.6 Å². The van der Waals surface area contributed by atoms with Crippen LogP contribution in [-0.4, -0.2) is 50.1 Å². The lowest BCUT2D eigenvalue weighted by Crippen LogP contribution is -2.46. The van der Waals surface area contributed by atoms with E-state index in [1.165, 1.54) is 18.4 Å². The van der Waals surface area contributed by atoms with E-state index in [0.717, 1.165) is 32.7 Å². The Bertz CT molecular complexity index is 432. The molecule has 0 saturated carbocycles. The van der Waals surface area contributed by atoms with Crippen LogP contribution in [0.4, 0.5) is 0 Å². The lowest BCUT2D eigenvalue weighted by Gasteiger charge is -2.27. The van der Waals surface area contributed by atoms with Crippen LogP contribution in [0.25, 0.3) is 0 Å². The highest BCUT2D eigenvalue weighted by Crippen LogP contribution is 1.95. The van der Waals surface area contributed by atoms with E-state index >= 15 is 0 Å². The van der Waals surface area contributed by atoms with Gasteiger partial charge in [-0.3, -0.25) is 9.69 Å². The van der Waals surface area contributed by atoms with Crippen LogP contribution in [0.2, 0.25) is 0 Å². The zero-order valence-corrected chi connectivity index (χ0v) is 10.1. The number of nitrogens with one attached hydrogen (secondary N) is 2. The smallest absolute Gasteiger partial charge is 0.335 e. The third-order valence-electron chi connectivity index (χ3n) is 2.89. The van der Waals surface area contributed by atoms with Crippen molar-refractivity contribution in [2.24, 2.45) is 0 Å². The SMILES string of the molecule is O=C(NCCN1CCNCC1)c1ccc(=O)oc1. The fourth-order valence-corrected chi connectivity index (χ4v) is 1.85. The third-order valence-corrected chi connectivity index (χ3v) is 2.89. The average Bonchev–Trinajstić information content (AvgIpc) is 2.40. The number of carbonyl (C=O) groups excluding carboxylic acids is 1. The molecule has 1 aliphatic rings. The maximum atomic E-state index is 11.7. The summed E-state index contributed by atoms with van der Waals surface area (Å²) in [6.45, 7) is 5.45. The van der Waals surface area contributed by atoms with E-state index in [-0.39, 0.29) is 5.91 Å². The number of carbonyl (C=O) groups is 1. The van der Waals surface area contributed by atoms with Gasteiger partial charge in [-0.25, -0.2) is 4.79 Å². The van der Waals surface area contributed by atoms with Gasteiger partial charge in [0, 0.05) is 45.3 Å². The third kappa shape index (κ3) is 3.68. The molecule has 1 aromatic rings. The number of piperazine rings is 1. The molecule has 1 amide bonds. The first-order valence-corrected chi connectivity index (χ1v) is 6.06. The zero-order chi connectivity index (χ0) is 12.8. The van der Waals surface area contributed by atoms with Crippen LogP contribution < -0.4 is 16.3 Å². The Kier molecular flexibility index (Phi) is 4.49. The molecule has 1 saturated heterocycles. The van der Waals surface area contributed by atoms with Gasteiger partial charge in [0.2, 0.25) is 0 Å². The van der Waals surface area contributed by atoms with Gasteiger partial charge in [0.05, 0.1) is 5.56 Å². The Balaban J connectivity index is 1.74. The van der Waals surface area contributed by atoms with E-state index in [1.54, 1.807) is 0 Å². The standard InChI is InChI=1S/C12H17N3O3/c16-11-2-1-10(9-18-11)12(17)14-5-8-15-6-3-13-4-7-15/h1-2,9,13H,3-8H2,(H,14,17). The minimum atomic E-state index is -0.452. The van der Waals surface area contributed by atoms with Crippen LogP contribution in [0.5, 0.6) is 0 Å². The maximum Gasteiger partial charge on any atom is 0.335 e. The van der Waals surface area contributed by atoms with Crippen molar-refractivity contribution in [2.75, 3.05) is 39.3 Å². The largest absolute Gasteiger partial charge is 0.430 e. The van der Waals surface area contributed by atoms with Crippen LogP contribution >= 0.6 is 0 Å². The Morgan fingerprint density at radius 1 is 1.39 bits per heavy atom. The van der Waals surface area contributed by atoms with E-state index in [0.29, 0.717) is 12.1 Å². The summed E-state index contributed by atoms with van der Waals surface area (Å²) in [6.07, 6.45) is 1.18. The molecule has 1 aliphatic heterocycles. The number of rotatable bonds is 4. The Hall–Kier alpha value is -1.66. The molecule has 18 heavy (non-hydrogen) atoms. The highest BCUT2D eigenvalue weighted by molar-refractivity contribution is 5.93. The second-order valence-corrected chi connectivity index (χ2v) is 4.19. The van der Waals surface area contributed by atoms with Crippen molar-refractivity contribution in [3.05, 3.63) is 34.4 Å². The molecule has 0 radical (unpaired) electrons. The maximum absolute atomic E-state index is 11.7. The van der Waals surface area contributed by atoms with E-state index < -0.39 is 5.63 Å². The summed E-state index contributed by atoms with van der Waals surface area (Å²) in [6, 6.07) is 2.71. The first-order valence-electron chi connectivity index (χ1n) is 6.06. The normalized spacial score (nSPS) is 16.4. The van der Waals surface area contributed by atoms with Gasteiger partial charge in [-0.15, -0.1) is 0 Å². The lowest BCUT2D eigenvalue weighted by molar-refractivity contribution is 0.0945. The number of hydrogen-bond donors (Lipinski definition) is 2. The molecule has 0 bridgehead atoms. The molecular weight excluding hydrogens is 234 g/mol. The summed E-state index contributed by atoms with van der Waals surface area (Å²) in [7, 11) is 0. The van der Waals surface area contributed by atoms with Crippen LogP contribution in [0.3, 0.4) is 0 Å². The quantitative estimate of drug-likeness (QED) is 0.738. The molecule has 98 valence electrons. The first-order chi connectivity index (χ1) is 8.75. The van der Waals surface area contributed by atoms with Gasteiger partial charge < -0.3 is 15.1 Å². The summed E-state index contributed by atoms with van der Waals surface area (Å²) in [5, 5.41) is 6.08. The molecule has 2 heterocycles. The molecule has 0 unspecified atom stereocenters. The second-order valence-electron chi connectivity index (χ2n) is 4.19. The van der Waals surface area contributed by atoms with Gasteiger partial charge in [0.1, 0.15) is 6.26 Å². The molecule has 6 nitrogen and oxygen atoms in total. The molecule has 2 rings (SSSR count). The minimum absolute atomic E-state index is 0.214. The molecule has 6 heteroatoms. The lowest BCUT2D eigenvalue weighted by atomic mass is 10.3. The molecule has 0 aliphatic carbocycles. The summed E-state index contributed by atoms with van der Waals surface area (Å²) in [4.78, 5) is 24.7. The monoisotopic (exact) mass is 251 g/mol. The van der Waals surface area contributed by atoms with Crippen LogP contribution in [0.15, 0.2) is 27.6 Å². The number of nitrogens with zero attached hydrogens (tertiary/aromatic N) is 1. The molecular formula is C12H17N3O3. The van der Waals surface area contributed by atoms with E-state index in [9.17, 15) is 9.59 Å². The fourth-order valence-electron chi connectivity index (χ4n) is 1.85. The first kappa shape index (κ1) is 12.8. The minimum Gasteiger partial charge on any atom is -0.430 e. The molecule has 0 atom stereocenters. The van der Waals surface area contributed by atoms with Gasteiger partial charge in [-0.1, -0.05) is 0 Å². The summed E-state index contributed by atoms with van der Waals surface area (Å²) >= 11 is 0. The van der Waals surface area contributed by atoms with Crippen molar-refractivity contribution >= 4 is 5.91 Å². The van der Waals surface area contributed by atoms with Crippen LogP contribution in [0.1, 0.15) is 10.4 Å². The summed E-state index contributed by atoms with van der Waals surface area (Å²) < 4.78 is 4.64. The van der Waals surface area contributed by atoms with Crippen molar-refractivity contribution in [1.82, 2.24) is 15.5 Å². The Morgan fingerprint density at radius 3 is 2.83 bits per heavy atom. The van der Waals surface area contributed by atoms with Gasteiger partial charge in [0.25, 0.3) is 5.91 Å². The van der Waals surface area contributed by atoms with Crippen LogP contribution in [-0.2, 0) is 0 Å². The molecule has 1 aromatic heterocycles. The second kappa shape index (κ2) is 6.32. The predicted octanol–water partition coefficient (Wildman–Crippen LogP) is -0.725.